The molecule has 0 N–H and O–H groups in total. The Labute approximate surface area is 118 Å². The highest BCUT2D eigenvalue weighted by Crippen LogP contribution is 2.26. The zero-order chi connectivity index (χ0) is 14.5. The fourth-order valence-corrected chi connectivity index (χ4v) is 2.24. The van der Waals surface area contributed by atoms with Crippen LogP contribution in [-0.2, 0) is 9.53 Å². The van der Waals surface area contributed by atoms with E-state index in [1.165, 1.54) is 7.11 Å². The van der Waals surface area contributed by atoms with Gasteiger partial charge in [-0.2, -0.15) is 0 Å². The van der Waals surface area contributed by atoms with Crippen molar-refractivity contribution in [3.8, 4) is 0 Å². The maximum absolute atomic E-state index is 11.3. The van der Waals surface area contributed by atoms with Crippen LogP contribution < -0.4 is 4.90 Å². The molecule has 0 amide bonds. The largest absolute Gasteiger partial charge is 0.469 e. The van der Waals surface area contributed by atoms with E-state index in [-0.39, 0.29) is 5.97 Å². The minimum Gasteiger partial charge on any atom is -0.469 e. The van der Waals surface area contributed by atoms with E-state index in [0.717, 1.165) is 28.8 Å². The minimum atomic E-state index is -0.210. The zero-order valence-corrected chi connectivity index (χ0v) is 12.1. The quantitative estimate of drug-likeness (QED) is 0.783. The Bertz CT molecular complexity index is 608. The zero-order valence-electron chi connectivity index (χ0n) is 12.1. The lowest BCUT2D eigenvalue weighted by molar-refractivity contribution is -0.140. The number of hydrogen-bond donors (Lipinski definition) is 0. The van der Waals surface area contributed by atoms with Crippen molar-refractivity contribution in [3.63, 3.8) is 0 Å². The average Bonchev–Trinajstić information content (AvgIpc) is 2.47. The van der Waals surface area contributed by atoms with Crippen LogP contribution in [-0.4, -0.2) is 36.1 Å². The van der Waals surface area contributed by atoms with Crippen molar-refractivity contribution in [2.75, 3.05) is 25.1 Å². The van der Waals surface area contributed by atoms with E-state index in [1.54, 1.807) is 6.33 Å². The molecule has 0 fully saturated rings. The molecule has 0 radical (unpaired) electrons. The maximum Gasteiger partial charge on any atom is 0.307 e. The number of methoxy groups -OCH3 is 1. The predicted molar refractivity (Wildman–Crippen MR) is 78.8 cm³/mol. The third-order valence-corrected chi connectivity index (χ3v) is 3.35. The first-order valence-electron chi connectivity index (χ1n) is 6.69. The van der Waals surface area contributed by atoms with Gasteiger partial charge < -0.3 is 9.64 Å². The third kappa shape index (κ3) is 2.87. The second-order valence-corrected chi connectivity index (χ2v) is 4.57. The first-order chi connectivity index (χ1) is 9.67. The lowest BCUT2D eigenvalue weighted by Crippen LogP contribution is -2.27. The Hall–Kier alpha value is -2.17. The topological polar surface area (TPSA) is 55.3 Å². The molecule has 106 valence electrons. The number of rotatable bonds is 5. The van der Waals surface area contributed by atoms with Crippen LogP contribution in [0.3, 0.4) is 0 Å². The van der Waals surface area contributed by atoms with Gasteiger partial charge in [0.15, 0.2) is 0 Å². The second-order valence-electron chi connectivity index (χ2n) is 4.57. The van der Waals surface area contributed by atoms with E-state index in [2.05, 4.69) is 14.9 Å². The summed E-state index contributed by atoms with van der Waals surface area (Å²) in [7, 11) is 1.41. The summed E-state index contributed by atoms with van der Waals surface area (Å²) in [5, 5.41) is 1.04. The number of ether oxygens (including phenoxy) is 1. The summed E-state index contributed by atoms with van der Waals surface area (Å²) in [5.74, 6) is 0.665. The van der Waals surface area contributed by atoms with Gasteiger partial charge in [0.25, 0.3) is 0 Å². The Balaban J connectivity index is 2.37. The highest BCUT2D eigenvalue weighted by Gasteiger charge is 2.14. The molecule has 5 nitrogen and oxygen atoms in total. The highest BCUT2D eigenvalue weighted by atomic mass is 16.5. The molecule has 0 atom stereocenters. The van der Waals surface area contributed by atoms with Crippen LogP contribution in [0.4, 0.5) is 5.82 Å². The maximum atomic E-state index is 11.3. The van der Waals surface area contributed by atoms with Crippen LogP contribution in [0.25, 0.3) is 10.9 Å². The molecule has 20 heavy (non-hydrogen) atoms. The number of fused-ring (bicyclic) bond motifs is 1. The Morgan fingerprint density at radius 1 is 1.35 bits per heavy atom. The Morgan fingerprint density at radius 3 is 2.85 bits per heavy atom. The number of carbonyl (C=O) groups excluding carboxylic acids is 1. The fourth-order valence-electron chi connectivity index (χ4n) is 2.24. The molecule has 0 bridgehead atoms. The van der Waals surface area contributed by atoms with Crippen molar-refractivity contribution >= 4 is 22.7 Å². The molecule has 5 heteroatoms. The summed E-state index contributed by atoms with van der Waals surface area (Å²) >= 11 is 0. The third-order valence-electron chi connectivity index (χ3n) is 3.35. The van der Waals surface area contributed by atoms with E-state index in [9.17, 15) is 4.79 Å². The number of benzene rings is 1. The summed E-state index contributed by atoms with van der Waals surface area (Å²) in [6.07, 6.45) is 1.92. The van der Waals surface area contributed by atoms with Gasteiger partial charge in [-0.05, 0) is 25.5 Å². The molecule has 0 unspecified atom stereocenters. The van der Waals surface area contributed by atoms with E-state index in [4.69, 9.17) is 4.74 Å². The van der Waals surface area contributed by atoms with Crippen molar-refractivity contribution in [3.05, 3.63) is 30.1 Å². The molecule has 1 aromatic carbocycles. The van der Waals surface area contributed by atoms with Gasteiger partial charge in [-0.3, -0.25) is 4.79 Å². The molecule has 2 aromatic rings. The number of hydrogen-bond acceptors (Lipinski definition) is 5. The number of aromatic nitrogens is 2. The van der Waals surface area contributed by atoms with Gasteiger partial charge in [-0.15, -0.1) is 0 Å². The van der Waals surface area contributed by atoms with Crippen LogP contribution in [0.5, 0.6) is 0 Å². The predicted octanol–water partition coefficient (Wildman–Crippen LogP) is 2.33. The molecule has 0 aliphatic heterocycles. The normalized spacial score (nSPS) is 10.6. The first kappa shape index (κ1) is 14.2. The second kappa shape index (κ2) is 6.32. The van der Waals surface area contributed by atoms with Crippen molar-refractivity contribution in [2.45, 2.75) is 20.3 Å². The van der Waals surface area contributed by atoms with Gasteiger partial charge in [0, 0.05) is 18.5 Å². The standard InChI is InChI=1S/C15H19N3O2/c1-4-18(9-8-13(19)20-3)15-14-11(2)6-5-7-12(14)16-10-17-15/h5-7,10H,4,8-9H2,1-3H3. The molecule has 2 rings (SSSR count). The van der Waals surface area contributed by atoms with Crippen molar-refractivity contribution < 1.29 is 9.53 Å². The number of aryl methyl sites for hydroxylation is 1. The van der Waals surface area contributed by atoms with E-state index in [0.29, 0.717) is 13.0 Å². The first-order valence-corrected chi connectivity index (χ1v) is 6.69. The number of anilines is 1. The fraction of sp³-hybridized carbons (Fsp3) is 0.400. The lowest BCUT2D eigenvalue weighted by atomic mass is 10.1. The molecule has 1 aromatic heterocycles. The molecular formula is C15H19N3O2. The van der Waals surface area contributed by atoms with E-state index < -0.39 is 0 Å². The number of carbonyl (C=O) groups is 1. The molecular weight excluding hydrogens is 254 g/mol. The highest BCUT2D eigenvalue weighted by molar-refractivity contribution is 5.92. The van der Waals surface area contributed by atoms with E-state index in [1.807, 2.05) is 32.0 Å². The Morgan fingerprint density at radius 2 is 2.15 bits per heavy atom. The summed E-state index contributed by atoms with van der Waals surface area (Å²) < 4.78 is 4.69. The summed E-state index contributed by atoms with van der Waals surface area (Å²) in [5.41, 5.74) is 2.06. The molecule has 0 aliphatic rings. The van der Waals surface area contributed by atoms with Crippen LogP contribution >= 0.6 is 0 Å². The van der Waals surface area contributed by atoms with Gasteiger partial charge >= 0.3 is 5.97 Å². The van der Waals surface area contributed by atoms with Crippen molar-refractivity contribution in [2.24, 2.45) is 0 Å². The van der Waals surface area contributed by atoms with Gasteiger partial charge in [0.1, 0.15) is 12.1 Å². The number of nitrogens with zero attached hydrogens (tertiary/aromatic N) is 3. The van der Waals surface area contributed by atoms with Crippen molar-refractivity contribution in [1.82, 2.24) is 9.97 Å². The average molecular weight is 273 g/mol. The van der Waals surface area contributed by atoms with Crippen LogP contribution in [0, 0.1) is 6.92 Å². The minimum absolute atomic E-state index is 0.210. The molecule has 0 aliphatic carbocycles. The van der Waals surface area contributed by atoms with Crippen LogP contribution in [0.15, 0.2) is 24.5 Å². The monoisotopic (exact) mass is 273 g/mol. The molecule has 1 heterocycles. The van der Waals surface area contributed by atoms with E-state index >= 15 is 0 Å². The summed E-state index contributed by atoms with van der Waals surface area (Å²) in [4.78, 5) is 22.1. The number of esters is 1. The summed E-state index contributed by atoms with van der Waals surface area (Å²) in [6, 6.07) is 6.00. The Kier molecular flexibility index (Phi) is 4.50. The molecule has 0 saturated carbocycles. The summed E-state index contributed by atoms with van der Waals surface area (Å²) in [6.45, 7) is 5.45. The van der Waals surface area contributed by atoms with Crippen LogP contribution in [0.1, 0.15) is 18.9 Å². The van der Waals surface area contributed by atoms with Gasteiger partial charge in [0.2, 0.25) is 0 Å². The molecule has 0 saturated heterocycles. The molecule has 0 spiro atoms. The smallest absolute Gasteiger partial charge is 0.307 e. The van der Waals surface area contributed by atoms with Gasteiger partial charge in [-0.1, -0.05) is 12.1 Å². The SMILES string of the molecule is CCN(CCC(=O)OC)c1ncnc2cccc(C)c12. The van der Waals surface area contributed by atoms with Crippen molar-refractivity contribution in [1.29, 1.82) is 0 Å². The van der Waals surface area contributed by atoms with Gasteiger partial charge in [0.05, 0.1) is 19.0 Å². The van der Waals surface area contributed by atoms with Gasteiger partial charge in [-0.25, -0.2) is 9.97 Å². The lowest BCUT2D eigenvalue weighted by Gasteiger charge is -2.23. The van der Waals surface area contributed by atoms with Crippen LogP contribution in [0.2, 0.25) is 0 Å².